The topological polar surface area (TPSA) is 52.6 Å². The van der Waals surface area contributed by atoms with E-state index in [1.807, 2.05) is 97.1 Å². The van der Waals surface area contributed by atoms with E-state index in [1.165, 1.54) is 0 Å². The van der Waals surface area contributed by atoms with E-state index in [-0.39, 0.29) is 11.6 Å². The highest BCUT2D eigenvalue weighted by Crippen LogP contribution is 2.17. The zero-order valence-corrected chi connectivity index (χ0v) is 24.8. The predicted octanol–water partition coefficient (Wildman–Crippen LogP) is 8.20. The van der Waals surface area contributed by atoms with Gasteiger partial charge in [-0.2, -0.15) is 0 Å². The van der Waals surface area contributed by atoms with Gasteiger partial charge >= 0.3 is 0 Å². The molecule has 0 atom stereocenters. The van der Waals surface area contributed by atoms with Crippen molar-refractivity contribution in [3.63, 3.8) is 0 Å². The largest absolute Gasteiger partial charge is 0.494 e. The molecule has 0 aliphatic carbocycles. The number of ketones is 2. The lowest BCUT2D eigenvalue weighted by atomic mass is 10.0. The molecule has 0 aliphatic rings. The monoisotopic (exact) mass is 684 g/mol. The van der Waals surface area contributed by atoms with Gasteiger partial charge in [-0.15, -0.1) is 0 Å². The summed E-state index contributed by atoms with van der Waals surface area (Å²) in [4.78, 5) is 24.3. The maximum atomic E-state index is 12.2. The van der Waals surface area contributed by atoms with E-state index in [1.54, 1.807) is 12.1 Å². The van der Waals surface area contributed by atoms with E-state index in [2.05, 4.69) is 38.5 Å². The van der Waals surface area contributed by atoms with Gasteiger partial charge in [-0.3, -0.25) is 9.59 Å². The summed E-state index contributed by atoms with van der Waals surface area (Å²) in [6.45, 7) is 1.39. The van der Waals surface area contributed by atoms with Crippen molar-refractivity contribution in [3.05, 3.63) is 131 Å². The van der Waals surface area contributed by atoms with Gasteiger partial charge in [0.05, 0.1) is 13.2 Å². The highest BCUT2D eigenvalue weighted by molar-refractivity contribution is 14.1. The Morgan fingerprint density at radius 2 is 0.921 bits per heavy atom. The molecule has 0 fully saturated rings. The number of benzene rings is 4. The molecular formula is C32H30BrIO4. The predicted molar refractivity (Wildman–Crippen MR) is 166 cm³/mol. The molecule has 0 aromatic heterocycles. The van der Waals surface area contributed by atoms with Crippen LogP contribution in [0.4, 0.5) is 0 Å². The first-order valence-corrected chi connectivity index (χ1v) is 15.0. The smallest absolute Gasteiger partial charge is 0.193 e. The Morgan fingerprint density at radius 1 is 0.553 bits per heavy atom. The molecule has 0 N–H and O–H groups in total. The van der Waals surface area contributed by atoms with Crippen molar-refractivity contribution < 1.29 is 19.1 Å². The Labute approximate surface area is 246 Å². The molecule has 0 aliphatic heterocycles. The first-order valence-electron chi connectivity index (χ1n) is 12.4. The van der Waals surface area contributed by atoms with Gasteiger partial charge < -0.3 is 9.47 Å². The second-order valence-corrected chi connectivity index (χ2v) is 10.1. The number of alkyl halides is 2. The van der Waals surface area contributed by atoms with Crippen molar-refractivity contribution >= 4 is 50.1 Å². The molecule has 6 heteroatoms. The van der Waals surface area contributed by atoms with Crippen LogP contribution < -0.4 is 9.47 Å². The van der Waals surface area contributed by atoms with Crippen LogP contribution in [0.1, 0.15) is 44.7 Å². The number of rotatable bonds is 12. The van der Waals surface area contributed by atoms with Crippen molar-refractivity contribution in [2.75, 3.05) is 23.0 Å². The van der Waals surface area contributed by atoms with Gasteiger partial charge in [-0.1, -0.05) is 99.2 Å². The first kappa shape index (κ1) is 29.6. The minimum absolute atomic E-state index is 0.0348. The second kappa shape index (κ2) is 16.8. The van der Waals surface area contributed by atoms with Gasteiger partial charge in [0.1, 0.15) is 11.5 Å². The third-order valence-corrected chi connectivity index (χ3v) is 6.72. The zero-order valence-electron chi connectivity index (χ0n) is 21.0. The summed E-state index contributed by atoms with van der Waals surface area (Å²) >= 11 is 5.68. The van der Waals surface area contributed by atoms with Gasteiger partial charge in [0.2, 0.25) is 0 Å². The SMILES string of the molecule is O=C(c1ccccc1)c1ccc(OCCCBr)cc1.O=C(c1ccccc1)c1ccc(OCCCI)cc1. The van der Waals surface area contributed by atoms with Crippen LogP contribution in [-0.4, -0.2) is 34.5 Å². The Balaban J connectivity index is 0.000000211. The van der Waals surface area contributed by atoms with E-state index in [0.29, 0.717) is 28.9 Å². The van der Waals surface area contributed by atoms with Crippen LogP contribution >= 0.6 is 38.5 Å². The molecule has 0 amide bonds. The second-order valence-electron chi connectivity index (χ2n) is 8.22. The van der Waals surface area contributed by atoms with Crippen LogP contribution in [0.2, 0.25) is 0 Å². The Hall–Kier alpha value is -2.97. The van der Waals surface area contributed by atoms with Crippen LogP contribution in [0.15, 0.2) is 109 Å². The Kier molecular flexibility index (Phi) is 13.1. The standard InChI is InChI=1S/C16H15BrO2.C16H15IO2/c2*17-11-4-12-19-15-9-7-14(8-10-15)16(18)13-5-2-1-3-6-13/h2*1-3,5-10H,4,11-12H2. The minimum Gasteiger partial charge on any atom is -0.494 e. The summed E-state index contributed by atoms with van der Waals surface area (Å²) in [7, 11) is 0. The Bertz CT molecular complexity index is 1140. The molecule has 4 nitrogen and oxygen atoms in total. The molecule has 0 radical (unpaired) electrons. The molecule has 4 aromatic carbocycles. The summed E-state index contributed by atoms with van der Waals surface area (Å²) in [5.41, 5.74) is 2.78. The number of ether oxygens (including phenoxy) is 2. The fraction of sp³-hybridized carbons (Fsp3) is 0.188. The van der Waals surface area contributed by atoms with Crippen molar-refractivity contribution in [1.29, 1.82) is 0 Å². The summed E-state index contributed by atoms with van der Waals surface area (Å²) in [6, 6.07) is 33.2. The van der Waals surface area contributed by atoms with Gasteiger partial charge in [0.15, 0.2) is 11.6 Å². The van der Waals surface area contributed by atoms with Crippen LogP contribution in [0.25, 0.3) is 0 Å². The average Bonchev–Trinajstić information content (AvgIpc) is 2.99. The molecule has 196 valence electrons. The molecule has 4 aromatic rings. The first-order chi connectivity index (χ1) is 18.6. The van der Waals surface area contributed by atoms with Crippen LogP contribution in [0.5, 0.6) is 11.5 Å². The lowest BCUT2D eigenvalue weighted by Crippen LogP contribution is -2.01. The summed E-state index contributed by atoms with van der Waals surface area (Å²) in [5, 5.41) is 0.928. The molecule has 4 rings (SSSR count). The number of halogens is 2. The molecular weight excluding hydrogens is 655 g/mol. The molecule has 38 heavy (non-hydrogen) atoms. The van der Waals surface area contributed by atoms with Crippen molar-refractivity contribution in [1.82, 2.24) is 0 Å². The van der Waals surface area contributed by atoms with Crippen molar-refractivity contribution in [3.8, 4) is 11.5 Å². The van der Waals surface area contributed by atoms with Gasteiger partial charge in [0, 0.05) is 32.0 Å². The van der Waals surface area contributed by atoms with Gasteiger partial charge in [-0.25, -0.2) is 0 Å². The quantitative estimate of drug-likeness (QED) is 0.0654. The maximum Gasteiger partial charge on any atom is 0.193 e. The number of carbonyl (C=O) groups is 2. The molecule has 0 spiro atoms. The van der Waals surface area contributed by atoms with Crippen molar-refractivity contribution in [2.24, 2.45) is 0 Å². The average molecular weight is 685 g/mol. The van der Waals surface area contributed by atoms with Crippen LogP contribution in [0.3, 0.4) is 0 Å². The van der Waals surface area contributed by atoms with Gasteiger partial charge in [0.25, 0.3) is 0 Å². The third kappa shape index (κ3) is 9.72. The van der Waals surface area contributed by atoms with Crippen LogP contribution in [-0.2, 0) is 0 Å². The van der Waals surface area contributed by atoms with E-state index in [4.69, 9.17) is 9.47 Å². The minimum atomic E-state index is 0.0348. The Morgan fingerprint density at radius 3 is 1.29 bits per heavy atom. The zero-order chi connectivity index (χ0) is 27.0. The molecule has 0 unspecified atom stereocenters. The van der Waals surface area contributed by atoms with E-state index in [0.717, 1.165) is 40.7 Å². The summed E-state index contributed by atoms with van der Waals surface area (Å²) < 4.78 is 12.2. The van der Waals surface area contributed by atoms with E-state index >= 15 is 0 Å². The lowest BCUT2D eigenvalue weighted by Gasteiger charge is -2.06. The number of hydrogen-bond acceptors (Lipinski definition) is 4. The van der Waals surface area contributed by atoms with Crippen molar-refractivity contribution in [2.45, 2.75) is 12.8 Å². The fourth-order valence-corrected chi connectivity index (χ4v) is 3.95. The number of hydrogen-bond donors (Lipinski definition) is 0. The molecule has 0 heterocycles. The summed E-state index contributed by atoms with van der Waals surface area (Å²) in [5.74, 6) is 1.69. The number of carbonyl (C=O) groups excluding carboxylic acids is 2. The van der Waals surface area contributed by atoms with Gasteiger partial charge in [-0.05, 0) is 61.4 Å². The molecule has 0 bridgehead atoms. The normalized spacial score (nSPS) is 10.2. The highest BCUT2D eigenvalue weighted by Gasteiger charge is 2.09. The summed E-state index contributed by atoms with van der Waals surface area (Å²) in [6.07, 6.45) is 2.00. The fourth-order valence-electron chi connectivity index (χ4n) is 3.41. The van der Waals surface area contributed by atoms with Crippen LogP contribution in [0, 0.1) is 0 Å². The van der Waals surface area contributed by atoms with E-state index < -0.39 is 0 Å². The third-order valence-electron chi connectivity index (χ3n) is 5.40. The molecule has 0 saturated heterocycles. The lowest BCUT2D eigenvalue weighted by molar-refractivity contribution is 0.103. The maximum absolute atomic E-state index is 12.2. The van der Waals surface area contributed by atoms with E-state index in [9.17, 15) is 9.59 Å². The highest BCUT2D eigenvalue weighted by atomic mass is 127. The molecule has 0 saturated carbocycles.